The van der Waals surface area contributed by atoms with Crippen LogP contribution in [0.2, 0.25) is 0 Å². The molecule has 0 bridgehead atoms. The number of rotatable bonds is 6. The second-order valence-electron chi connectivity index (χ2n) is 5.16. The maximum Gasteiger partial charge on any atom is 0.213 e. The minimum Gasteiger partial charge on any atom is -0.302 e. The molecule has 1 aromatic heterocycles. The van der Waals surface area contributed by atoms with Gasteiger partial charge in [-0.05, 0) is 25.1 Å². The second kappa shape index (κ2) is 5.98. The third kappa shape index (κ3) is 3.75. The standard InChI is InChI=1S/C13H21N3O2S/c1-15(2)19(17,18)9-5-8-16-10-12(11-16)13-6-3-4-7-14-13/h3-4,6-7,12H,5,8-11H2,1-2H3. The lowest BCUT2D eigenvalue weighted by atomic mass is 9.96. The van der Waals surface area contributed by atoms with Gasteiger partial charge in [0.25, 0.3) is 0 Å². The van der Waals surface area contributed by atoms with Gasteiger partial charge in [-0.1, -0.05) is 6.07 Å². The van der Waals surface area contributed by atoms with E-state index in [-0.39, 0.29) is 5.75 Å². The highest BCUT2D eigenvalue weighted by Gasteiger charge is 2.28. The molecular weight excluding hydrogens is 262 g/mol. The molecule has 106 valence electrons. The van der Waals surface area contributed by atoms with Gasteiger partial charge in [0.15, 0.2) is 0 Å². The van der Waals surface area contributed by atoms with Gasteiger partial charge in [0.1, 0.15) is 0 Å². The summed E-state index contributed by atoms with van der Waals surface area (Å²) in [7, 11) is 0.110. The molecule has 0 atom stereocenters. The molecule has 19 heavy (non-hydrogen) atoms. The lowest BCUT2D eigenvalue weighted by Crippen LogP contribution is -2.46. The predicted octanol–water partition coefficient (Wildman–Crippen LogP) is 0.762. The van der Waals surface area contributed by atoms with Crippen LogP contribution in [0.4, 0.5) is 0 Å². The van der Waals surface area contributed by atoms with E-state index in [9.17, 15) is 8.42 Å². The Morgan fingerprint density at radius 1 is 1.37 bits per heavy atom. The minimum atomic E-state index is -3.05. The molecule has 1 fully saturated rings. The highest BCUT2D eigenvalue weighted by atomic mass is 32.2. The van der Waals surface area contributed by atoms with Gasteiger partial charge in [-0.15, -0.1) is 0 Å². The Hall–Kier alpha value is -0.980. The molecule has 0 unspecified atom stereocenters. The van der Waals surface area contributed by atoms with Gasteiger partial charge in [0.05, 0.1) is 5.75 Å². The maximum atomic E-state index is 11.6. The van der Waals surface area contributed by atoms with Gasteiger partial charge in [-0.2, -0.15) is 0 Å². The minimum absolute atomic E-state index is 0.227. The largest absolute Gasteiger partial charge is 0.302 e. The fourth-order valence-electron chi connectivity index (χ4n) is 2.21. The first-order chi connectivity index (χ1) is 8.99. The molecule has 2 heterocycles. The summed E-state index contributed by atoms with van der Waals surface area (Å²) in [6.45, 7) is 2.81. The first kappa shape index (κ1) is 14.4. The van der Waals surface area contributed by atoms with Crippen LogP contribution in [0.1, 0.15) is 18.0 Å². The Morgan fingerprint density at radius 2 is 2.11 bits per heavy atom. The zero-order valence-electron chi connectivity index (χ0n) is 11.5. The molecule has 0 radical (unpaired) electrons. The van der Waals surface area contributed by atoms with Gasteiger partial charge in [-0.25, -0.2) is 12.7 Å². The molecule has 2 rings (SSSR count). The van der Waals surface area contributed by atoms with Crippen LogP contribution in [0.3, 0.4) is 0 Å². The smallest absolute Gasteiger partial charge is 0.213 e. The second-order valence-corrected chi connectivity index (χ2v) is 7.47. The molecule has 5 nitrogen and oxygen atoms in total. The van der Waals surface area contributed by atoms with E-state index in [1.54, 1.807) is 14.1 Å². The molecular formula is C13H21N3O2S. The van der Waals surface area contributed by atoms with E-state index in [1.165, 1.54) is 4.31 Å². The zero-order valence-corrected chi connectivity index (χ0v) is 12.3. The average molecular weight is 283 g/mol. The molecule has 0 aliphatic carbocycles. The number of nitrogens with zero attached hydrogens (tertiary/aromatic N) is 3. The SMILES string of the molecule is CN(C)S(=O)(=O)CCCN1CC(c2ccccn2)C1. The summed E-state index contributed by atoms with van der Waals surface area (Å²) < 4.78 is 24.5. The van der Waals surface area contributed by atoms with Crippen LogP contribution >= 0.6 is 0 Å². The van der Waals surface area contributed by atoms with Crippen molar-refractivity contribution in [1.82, 2.24) is 14.2 Å². The van der Waals surface area contributed by atoms with Gasteiger partial charge < -0.3 is 4.90 Å². The fraction of sp³-hybridized carbons (Fsp3) is 0.615. The quantitative estimate of drug-likeness (QED) is 0.773. The molecule has 1 aromatic rings. The predicted molar refractivity (Wildman–Crippen MR) is 75.5 cm³/mol. The van der Waals surface area contributed by atoms with E-state index in [0.717, 1.165) is 25.3 Å². The monoisotopic (exact) mass is 283 g/mol. The summed E-state index contributed by atoms with van der Waals surface area (Å²) in [4.78, 5) is 6.63. The van der Waals surface area contributed by atoms with E-state index in [4.69, 9.17) is 0 Å². The number of sulfonamides is 1. The zero-order chi connectivity index (χ0) is 13.9. The van der Waals surface area contributed by atoms with Crippen LogP contribution in [0, 0.1) is 0 Å². The van der Waals surface area contributed by atoms with Crippen molar-refractivity contribution in [3.63, 3.8) is 0 Å². The molecule has 1 aliphatic heterocycles. The van der Waals surface area contributed by atoms with E-state index < -0.39 is 10.0 Å². The van der Waals surface area contributed by atoms with Crippen molar-refractivity contribution in [2.45, 2.75) is 12.3 Å². The van der Waals surface area contributed by atoms with Gasteiger partial charge in [0.2, 0.25) is 10.0 Å². The van der Waals surface area contributed by atoms with E-state index in [1.807, 2.05) is 18.3 Å². The topological polar surface area (TPSA) is 53.5 Å². The summed E-state index contributed by atoms with van der Waals surface area (Å²) in [5, 5.41) is 0. The van der Waals surface area contributed by atoms with Crippen molar-refractivity contribution in [2.24, 2.45) is 0 Å². The molecule has 0 N–H and O–H groups in total. The first-order valence-corrected chi connectivity index (χ1v) is 8.13. The summed E-state index contributed by atoms with van der Waals surface area (Å²) in [5.74, 6) is 0.733. The Morgan fingerprint density at radius 3 is 2.68 bits per heavy atom. The molecule has 1 saturated heterocycles. The molecule has 0 aromatic carbocycles. The van der Waals surface area contributed by atoms with Gasteiger partial charge >= 0.3 is 0 Å². The first-order valence-electron chi connectivity index (χ1n) is 6.52. The number of likely N-dealkylation sites (tertiary alicyclic amines) is 1. The van der Waals surface area contributed by atoms with Crippen molar-refractivity contribution < 1.29 is 8.42 Å². The normalized spacial score (nSPS) is 17.6. The number of aromatic nitrogens is 1. The van der Waals surface area contributed by atoms with Crippen molar-refractivity contribution in [3.05, 3.63) is 30.1 Å². The van der Waals surface area contributed by atoms with Gasteiger partial charge in [-0.3, -0.25) is 4.98 Å². The highest BCUT2D eigenvalue weighted by molar-refractivity contribution is 7.89. The lowest BCUT2D eigenvalue weighted by Gasteiger charge is -2.39. The number of hydrogen-bond donors (Lipinski definition) is 0. The molecule has 0 amide bonds. The molecule has 0 spiro atoms. The molecule has 1 aliphatic rings. The Bertz CT molecular complexity index is 496. The average Bonchev–Trinajstić information content (AvgIpc) is 2.33. The summed E-state index contributed by atoms with van der Waals surface area (Å²) in [6, 6.07) is 5.99. The third-order valence-electron chi connectivity index (χ3n) is 3.50. The Kier molecular flexibility index (Phi) is 4.54. The van der Waals surface area contributed by atoms with Crippen LogP contribution < -0.4 is 0 Å². The van der Waals surface area contributed by atoms with Crippen LogP contribution in [-0.2, 0) is 10.0 Å². The fourth-order valence-corrected chi connectivity index (χ4v) is 3.07. The van der Waals surface area contributed by atoms with Crippen LogP contribution in [0.15, 0.2) is 24.4 Å². The Labute approximate surface area is 115 Å². The lowest BCUT2D eigenvalue weighted by molar-refractivity contribution is 0.146. The number of hydrogen-bond acceptors (Lipinski definition) is 4. The van der Waals surface area contributed by atoms with Crippen LogP contribution in [0.5, 0.6) is 0 Å². The summed E-state index contributed by atoms with van der Waals surface area (Å²) in [6.07, 6.45) is 2.51. The highest BCUT2D eigenvalue weighted by Crippen LogP contribution is 2.25. The van der Waals surface area contributed by atoms with Crippen LogP contribution in [-0.4, -0.2) is 62.1 Å². The third-order valence-corrected chi connectivity index (χ3v) is 5.41. The van der Waals surface area contributed by atoms with E-state index in [0.29, 0.717) is 12.3 Å². The summed E-state index contributed by atoms with van der Waals surface area (Å²) >= 11 is 0. The van der Waals surface area contributed by atoms with Crippen LogP contribution in [0.25, 0.3) is 0 Å². The van der Waals surface area contributed by atoms with E-state index in [2.05, 4.69) is 16.0 Å². The van der Waals surface area contributed by atoms with Crippen molar-refractivity contribution >= 4 is 10.0 Å². The van der Waals surface area contributed by atoms with Crippen molar-refractivity contribution in [2.75, 3.05) is 39.5 Å². The molecule has 0 saturated carbocycles. The molecule has 6 heteroatoms. The number of pyridine rings is 1. The van der Waals surface area contributed by atoms with Crippen molar-refractivity contribution in [1.29, 1.82) is 0 Å². The van der Waals surface area contributed by atoms with E-state index >= 15 is 0 Å². The van der Waals surface area contributed by atoms with Crippen molar-refractivity contribution in [3.8, 4) is 0 Å². The van der Waals surface area contributed by atoms with Gasteiger partial charge in [0, 0.05) is 45.0 Å². The Balaban J connectivity index is 1.69. The summed E-state index contributed by atoms with van der Waals surface area (Å²) in [5.41, 5.74) is 1.14. The maximum absolute atomic E-state index is 11.6.